The first kappa shape index (κ1) is 16.8. The van der Waals surface area contributed by atoms with Crippen molar-refractivity contribution in [2.75, 3.05) is 13.1 Å². The van der Waals surface area contributed by atoms with E-state index in [4.69, 9.17) is 11.6 Å². The van der Waals surface area contributed by atoms with Gasteiger partial charge in [0.1, 0.15) is 0 Å². The summed E-state index contributed by atoms with van der Waals surface area (Å²) in [4.78, 5) is 26.1. The maximum absolute atomic E-state index is 12.9. The molecule has 1 aromatic carbocycles. The van der Waals surface area contributed by atoms with Crippen molar-refractivity contribution in [1.82, 2.24) is 4.90 Å². The van der Waals surface area contributed by atoms with E-state index in [9.17, 15) is 14.7 Å². The van der Waals surface area contributed by atoms with Crippen molar-refractivity contribution in [3.05, 3.63) is 34.9 Å². The molecule has 1 aliphatic rings. The average molecular weight is 324 g/mol. The Morgan fingerprint density at radius 1 is 1.36 bits per heavy atom. The molecule has 4 nitrogen and oxygen atoms in total. The van der Waals surface area contributed by atoms with E-state index in [1.54, 1.807) is 24.0 Å². The summed E-state index contributed by atoms with van der Waals surface area (Å²) >= 11 is 6.03. The van der Waals surface area contributed by atoms with E-state index < -0.39 is 16.8 Å². The molecule has 0 radical (unpaired) electrons. The van der Waals surface area contributed by atoms with Gasteiger partial charge in [-0.25, -0.2) is 0 Å². The third-order valence-electron chi connectivity index (χ3n) is 4.58. The highest BCUT2D eigenvalue weighted by atomic mass is 35.5. The van der Waals surface area contributed by atoms with Crippen molar-refractivity contribution < 1.29 is 14.7 Å². The summed E-state index contributed by atoms with van der Waals surface area (Å²) in [5, 5.41) is 9.99. The van der Waals surface area contributed by atoms with Crippen molar-refractivity contribution in [1.29, 1.82) is 0 Å². The Balaban J connectivity index is 2.25. The minimum Gasteiger partial charge on any atom is -0.481 e. The van der Waals surface area contributed by atoms with Crippen LogP contribution < -0.4 is 0 Å². The van der Waals surface area contributed by atoms with E-state index in [2.05, 4.69) is 0 Å². The minimum absolute atomic E-state index is 0.0538. The van der Waals surface area contributed by atoms with Crippen molar-refractivity contribution in [2.45, 2.75) is 39.0 Å². The van der Waals surface area contributed by atoms with E-state index >= 15 is 0 Å². The van der Waals surface area contributed by atoms with Crippen molar-refractivity contribution >= 4 is 23.5 Å². The highest BCUT2D eigenvalue weighted by Gasteiger charge is 2.43. The number of piperidine rings is 1. The number of aliphatic carboxylic acids is 1. The molecular weight excluding hydrogens is 302 g/mol. The number of carboxylic acid groups (broad SMARTS) is 1. The molecule has 1 amide bonds. The number of hydrogen-bond acceptors (Lipinski definition) is 2. The zero-order valence-electron chi connectivity index (χ0n) is 13.2. The number of halogens is 1. The van der Waals surface area contributed by atoms with Crippen LogP contribution in [0.3, 0.4) is 0 Å². The lowest BCUT2D eigenvalue weighted by molar-refractivity contribution is -0.154. The Morgan fingerprint density at radius 3 is 2.64 bits per heavy atom. The third kappa shape index (κ3) is 3.12. The van der Waals surface area contributed by atoms with Crippen LogP contribution in [0, 0.1) is 5.41 Å². The Morgan fingerprint density at radius 2 is 2.05 bits per heavy atom. The first-order valence-electron chi connectivity index (χ1n) is 7.46. The molecule has 0 saturated carbocycles. The first-order valence-corrected chi connectivity index (χ1v) is 7.83. The maximum Gasteiger partial charge on any atom is 0.311 e. The van der Waals surface area contributed by atoms with Crippen LogP contribution >= 0.6 is 11.6 Å². The van der Waals surface area contributed by atoms with Crippen LogP contribution in [0.1, 0.15) is 39.2 Å². The highest BCUT2D eigenvalue weighted by Crippen LogP contribution is 2.34. The number of likely N-dealkylation sites (tertiary alicyclic amines) is 1. The molecule has 1 saturated heterocycles. The quantitative estimate of drug-likeness (QED) is 0.928. The van der Waals surface area contributed by atoms with Gasteiger partial charge in [0.2, 0.25) is 5.91 Å². The van der Waals surface area contributed by atoms with Crippen LogP contribution in [-0.4, -0.2) is 35.0 Å². The topological polar surface area (TPSA) is 57.6 Å². The lowest BCUT2D eigenvalue weighted by atomic mass is 9.78. The Kier molecular flexibility index (Phi) is 4.52. The predicted octanol–water partition coefficient (Wildman–Crippen LogP) is 3.33. The summed E-state index contributed by atoms with van der Waals surface area (Å²) in [5.41, 5.74) is -0.757. The van der Waals surface area contributed by atoms with Gasteiger partial charge in [0, 0.05) is 18.1 Å². The van der Waals surface area contributed by atoms with Crippen LogP contribution in [0.2, 0.25) is 5.02 Å². The van der Waals surface area contributed by atoms with Crippen LogP contribution in [0.25, 0.3) is 0 Å². The molecule has 1 aliphatic heterocycles. The van der Waals surface area contributed by atoms with Gasteiger partial charge in [-0.2, -0.15) is 0 Å². The number of hydrogen-bond donors (Lipinski definition) is 1. The van der Waals surface area contributed by atoms with Gasteiger partial charge in [-0.3, -0.25) is 9.59 Å². The van der Waals surface area contributed by atoms with Gasteiger partial charge in [-0.1, -0.05) is 23.7 Å². The third-order valence-corrected chi connectivity index (χ3v) is 4.82. The monoisotopic (exact) mass is 323 g/mol. The molecule has 1 N–H and O–H groups in total. The van der Waals surface area contributed by atoms with Crippen LogP contribution in [0.5, 0.6) is 0 Å². The lowest BCUT2D eigenvalue weighted by Gasteiger charge is -2.41. The van der Waals surface area contributed by atoms with Crippen molar-refractivity contribution in [3.63, 3.8) is 0 Å². The number of carboxylic acids is 1. The van der Waals surface area contributed by atoms with E-state index in [0.717, 1.165) is 5.56 Å². The van der Waals surface area contributed by atoms with Crippen molar-refractivity contribution in [3.8, 4) is 0 Å². The lowest BCUT2D eigenvalue weighted by Crippen LogP contribution is -2.52. The number of nitrogens with zero attached hydrogens (tertiary/aromatic N) is 1. The fraction of sp³-hybridized carbons (Fsp3) is 0.529. The summed E-state index contributed by atoms with van der Waals surface area (Å²) in [6.07, 6.45) is 1.31. The molecule has 0 aliphatic carbocycles. The second-order valence-electron chi connectivity index (χ2n) is 6.83. The molecule has 1 fully saturated rings. The van der Waals surface area contributed by atoms with E-state index in [0.29, 0.717) is 24.4 Å². The zero-order chi connectivity index (χ0) is 16.5. The number of amides is 1. The minimum atomic E-state index is -0.863. The van der Waals surface area contributed by atoms with Crippen LogP contribution in [-0.2, 0) is 15.0 Å². The number of carbonyl (C=O) groups is 2. The SMILES string of the molecule is CC1(C(=O)O)CCCN(C(=O)C(C)(C)c2cccc(Cl)c2)C1. The second kappa shape index (κ2) is 5.92. The number of rotatable bonds is 3. The first-order chi connectivity index (χ1) is 10.2. The smallest absolute Gasteiger partial charge is 0.311 e. The van der Waals surface area contributed by atoms with E-state index in [-0.39, 0.29) is 12.5 Å². The molecule has 0 spiro atoms. The summed E-state index contributed by atoms with van der Waals surface area (Å²) in [5.74, 6) is -0.896. The van der Waals surface area contributed by atoms with E-state index in [1.165, 1.54) is 0 Å². The van der Waals surface area contributed by atoms with Gasteiger partial charge in [0.25, 0.3) is 0 Å². The predicted molar refractivity (Wildman–Crippen MR) is 86.0 cm³/mol. The molecule has 0 bridgehead atoms. The molecule has 1 heterocycles. The number of benzene rings is 1. The van der Waals surface area contributed by atoms with Gasteiger partial charge in [0.15, 0.2) is 0 Å². The molecule has 1 aromatic rings. The molecule has 0 aromatic heterocycles. The molecule has 2 rings (SSSR count). The molecule has 22 heavy (non-hydrogen) atoms. The largest absolute Gasteiger partial charge is 0.481 e. The summed E-state index contributed by atoms with van der Waals surface area (Å²) in [7, 11) is 0. The van der Waals surface area contributed by atoms with Gasteiger partial charge >= 0.3 is 5.97 Å². The van der Waals surface area contributed by atoms with Crippen molar-refractivity contribution in [2.24, 2.45) is 5.41 Å². The van der Waals surface area contributed by atoms with E-state index in [1.807, 2.05) is 26.0 Å². The Labute approximate surface area is 136 Å². The fourth-order valence-electron chi connectivity index (χ4n) is 2.98. The van der Waals surface area contributed by atoms with Gasteiger partial charge < -0.3 is 10.0 Å². The van der Waals surface area contributed by atoms with Gasteiger partial charge in [-0.05, 0) is 51.3 Å². The summed E-state index contributed by atoms with van der Waals surface area (Å²) < 4.78 is 0. The number of carbonyl (C=O) groups excluding carboxylic acids is 1. The second-order valence-corrected chi connectivity index (χ2v) is 7.27. The summed E-state index contributed by atoms with van der Waals surface area (Å²) in [6.45, 7) is 6.28. The highest BCUT2D eigenvalue weighted by molar-refractivity contribution is 6.30. The molecule has 120 valence electrons. The van der Waals surface area contributed by atoms with Gasteiger partial charge in [-0.15, -0.1) is 0 Å². The Bertz CT molecular complexity index is 599. The van der Waals surface area contributed by atoms with Crippen LogP contribution in [0.15, 0.2) is 24.3 Å². The maximum atomic E-state index is 12.9. The Hall–Kier alpha value is -1.55. The normalized spacial score (nSPS) is 22.5. The standard InChI is InChI=1S/C17H22ClNO3/c1-16(2,12-6-4-7-13(18)10-12)14(20)19-9-5-8-17(3,11-19)15(21)22/h4,6-7,10H,5,8-9,11H2,1-3H3,(H,21,22). The van der Waals surface area contributed by atoms with Crippen LogP contribution in [0.4, 0.5) is 0 Å². The van der Waals surface area contributed by atoms with Gasteiger partial charge in [0.05, 0.1) is 10.8 Å². The zero-order valence-corrected chi connectivity index (χ0v) is 14.0. The fourth-order valence-corrected chi connectivity index (χ4v) is 3.17. The summed E-state index contributed by atoms with van der Waals surface area (Å²) in [6, 6.07) is 7.27. The molecule has 5 heteroatoms. The molecular formula is C17H22ClNO3. The molecule has 1 atom stereocenters. The average Bonchev–Trinajstić information content (AvgIpc) is 2.46. The molecule has 1 unspecified atom stereocenters.